The van der Waals surface area contributed by atoms with Gasteiger partial charge in [0.05, 0.1) is 21.4 Å². The SMILES string of the molecule is Cc1nc(N)sc1CCCN=C(N)NC(=O)NCCCCCCCCNC(=O)CCCCC[N+]1=C(C=CC=CC=C2N(CCCCS(=O)(=O)[O-])c3ccccc3C2(C)C)c2ccccc2C1(C)C. The van der Waals surface area contributed by atoms with Gasteiger partial charge in [0.15, 0.2) is 16.6 Å². The molecule has 0 saturated heterocycles. The van der Waals surface area contributed by atoms with Gasteiger partial charge in [0.2, 0.25) is 11.6 Å². The minimum absolute atomic E-state index is 0.110. The summed E-state index contributed by atoms with van der Waals surface area (Å²) in [6, 6.07) is 16.6. The minimum Gasteiger partial charge on any atom is -0.748 e. The second kappa shape index (κ2) is 25.9. The first kappa shape index (κ1) is 53.6. The molecule has 3 heterocycles. The fourth-order valence-electron chi connectivity index (χ4n) is 9.23. The van der Waals surface area contributed by atoms with Crippen molar-refractivity contribution in [1.82, 2.24) is 20.9 Å². The third-order valence-electron chi connectivity index (χ3n) is 12.9. The quantitative estimate of drug-likeness (QED) is 0.0124. The minimum atomic E-state index is -4.24. The van der Waals surface area contributed by atoms with Crippen molar-refractivity contribution in [3.63, 3.8) is 0 Å². The van der Waals surface area contributed by atoms with Crippen molar-refractivity contribution in [3.8, 4) is 0 Å². The van der Waals surface area contributed by atoms with Gasteiger partial charge in [0, 0.05) is 91.9 Å². The van der Waals surface area contributed by atoms with Crippen LogP contribution in [0.5, 0.6) is 0 Å². The number of hydrogen-bond acceptors (Lipinski definition) is 10. The van der Waals surface area contributed by atoms with Crippen LogP contribution in [-0.4, -0.2) is 84.6 Å². The number of anilines is 2. The molecule has 5 rings (SSSR count). The summed E-state index contributed by atoms with van der Waals surface area (Å²) in [4.78, 5) is 36.7. The Bertz CT molecular complexity index is 2430. The average Bonchev–Trinajstić information content (AvgIpc) is 3.81. The van der Waals surface area contributed by atoms with Gasteiger partial charge >= 0.3 is 6.03 Å². The predicted octanol–water partition coefficient (Wildman–Crippen LogP) is 8.47. The van der Waals surface area contributed by atoms with Crippen molar-refractivity contribution >= 4 is 55.9 Å². The number of aromatic nitrogens is 1. The number of carbonyl (C=O) groups excluding carboxylic acids is 2. The number of nitrogens with one attached hydrogen (secondary N) is 3. The van der Waals surface area contributed by atoms with E-state index in [0.29, 0.717) is 50.6 Å². The molecule has 0 unspecified atom stereocenters. The van der Waals surface area contributed by atoms with E-state index < -0.39 is 10.1 Å². The molecule has 16 heteroatoms. The Kier molecular flexibility index (Phi) is 20.4. The van der Waals surface area contributed by atoms with Gasteiger partial charge in [0.1, 0.15) is 6.54 Å². The molecule has 2 aromatic carbocycles. The number of thiazole rings is 1. The maximum absolute atomic E-state index is 12.6. The fraction of sp³-hybridized carbons (Fsp3) is 0.519. The number of urea groups is 1. The van der Waals surface area contributed by atoms with Gasteiger partial charge in [-0.05, 0) is 82.1 Å². The van der Waals surface area contributed by atoms with Crippen LogP contribution < -0.4 is 32.3 Å². The number of para-hydroxylation sites is 1. The zero-order valence-corrected chi connectivity index (χ0v) is 42.6. The molecule has 0 spiro atoms. The summed E-state index contributed by atoms with van der Waals surface area (Å²) in [5, 5.41) is 9.10. The monoisotopic (exact) mass is 970 g/mol. The van der Waals surface area contributed by atoms with E-state index in [1.54, 1.807) is 0 Å². The predicted molar refractivity (Wildman–Crippen MR) is 277 cm³/mol. The number of aryl methyl sites for hydroxylation is 2. The highest BCUT2D eigenvalue weighted by Crippen LogP contribution is 2.47. The molecule has 0 radical (unpaired) electrons. The Balaban J connectivity index is 0.976. The summed E-state index contributed by atoms with van der Waals surface area (Å²) in [6.45, 7) is 14.2. The zero-order chi connectivity index (χ0) is 49.2. The van der Waals surface area contributed by atoms with Crippen molar-refractivity contribution in [1.29, 1.82) is 0 Å². The molecular weight excluding hydrogens is 895 g/mol. The number of allylic oxidation sites excluding steroid dienone is 6. The summed E-state index contributed by atoms with van der Waals surface area (Å²) in [5.41, 5.74) is 19.3. The van der Waals surface area contributed by atoms with Gasteiger partial charge in [-0.2, -0.15) is 0 Å². The largest absolute Gasteiger partial charge is 0.748 e. The molecule has 7 N–H and O–H groups in total. The molecule has 1 aromatic heterocycles. The molecule has 14 nitrogen and oxygen atoms in total. The Hall–Kier alpha value is -5.32. The number of fused-ring (bicyclic) bond motifs is 2. The number of hydrogen-bond donors (Lipinski definition) is 5. The number of carbonyl (C=O) groups is 2. The third kappa shape index (κ3) is 15.9. The molecule has 3 amide bonds. The molecule has 0 atom stereocenters. The van der Waals surface area contributed by atoms with E-state index >= 15 is 0 Å². The lowest BCUT2D eigenvalue weighted by molar-refractivity contribution is -0.604. The molecule has 2 aliphatic heterocycles. The van der Waals surface area contributed by atoms with Crippen LogP contribution >= 0.6 is 11.3 Å². The summed E-state index contributed by atoms with van der Waals surface area (Å²) in [7, 11) is -4.24. The van der Waals surface area contributed by atoms with Gasteiger partial charge in [-0.3, -0.25) is 15.1 Å². The van der Waals surface area contributed by atoms with E-state index in [4.69, 9.17) is 11.5 Å². The molecule has 0 fully saturated rings. The first-order valence-corrected chi connectivity index (χ1v) is 26.8. The Morgan fingerprint density at radius 2 is 1.53 bits per heavy atom. The summed E-state index contributed by atoms with van der Waals surface area (Å²) in [5.74, 6) is -0.120. The van der Waals surface area contributed by atoms with Crippen molar-refractivity contribution in [2.24, 2.45) is 10.7 Å². The van der Waals surface area contributed by atoms with Crippen LogP contribution in [-0.2, 0) is 32.3 Å². The highest BCUT2D eigenvalue weighted by Gasteiger charge is 2.43. The van der Waals surface area contributed by atoms with Crippen molar-refractivity contribution in [3.05, 3.63) is 112 Å². The van der Waals surface area contributed by atoms with E-state index in [-0.39, 0.29) is 34.6 Å². The first-order valence-electron chi connectivity index (χ1n) is 24.4. The molecular formula is C52H75N9O5S2. The maximum atomic E-state index is 12.6. The highest BCUT2D eigenvalue weighted by molar-refractivity contribution is 7.85. The average molecular weight is 970 g/mol. The van der Waals surface area contributed by atoms with Gasteiger partial charge < -0.3 is 31.6 Å². The van der Waals surface area contributed by atoms with Crippen LogP contribution in [0.2, 0.25) is 0 Å². The second-order valence-electron chi connectivity index (χ2n) is 18.8. The molecule has 3 aromatic rings. The smallest absolute Gasteiger partial charge is 0.321 e. The van der Waals surface area contributed by atoms with Crippen molar-refractivity contribution < 1.29 is 27.1 Å². The molecule has 0 saturated carbocycles. The van der Waals surface area contributed by atoms with E-state index in [1.165, 1.54) is 33.7 Å². The summed E-state index contributed by atoms with van der Waals surface area (Å²) >= 11 is 1.49. The van der Waals surface area contributed by atoms with Crippen LogP contribution in [0.3, 0.4) is 0 Å². The number of aliphatic imine (C=N–C) groups is 1. The number of nitrogens with two attached hydrogens (primary N) is 2. The Morgan fingerprint density at radius 3 is 2.25 bits per heavy atom. The third-order valence-corrected chi connectivity index (χ3v) is 14.7. The summed E-state index contributed by atoms with van der Waals surface area (Å²) < 4.78 is 36.2. The molecule has 370 valence electrons. The number of nitrogen functional groups attached to an aromatic ring is 1. The first-order chi connectivity index (χ1) is 32.5. The number of guanidine groups is 1. The van der Waals surface area contributed by atoms with Crippen LogP contribution in [0.4, 0.5) is 15.6 Å². The maximum Gasteiger partial charge on any atom is 0.321 e. The van der Waals surface area contributed by atoms with Gasteiger partial charge in [0.25, 0.3) is 0 Å². The second-order valence-corrected chi connectivity index (χ2v) is 21.4. The zero-order valence-electron chi connectivity index (χ0n) is 40.9. The van der Waals surface area contributed by atoms with E-state index in [1.807, 2.05) is 13.0 Å². The number of amides is 3. The van der Waals surface area contributed by atoms with E-state index in [9.17, 15) is 22.6 Å². The number of nitrogens with zero attached hydrogens (tertiary/aromatic N) is 4. The van der Waals surface area contributed by atoms with E-state index in [2.05, 4.69) is 136 Å². The van der Waals surface area contributed by atoms with Crippen LogP contribution in [0, 0.1) is 6.92 Å². The normalized spacial score (nSPS) is 16.0. The molecule has 68 heavy (non-hydrogen) atoms. The lowest BCUT2D eigenvalue weighted by Gasteiger charge is -2.27. The molecule has 0 aliphatic carbocycles. The summed E-state index contributed by atoms with van der Waals surface area (Å²) in [6.07, 6.45) is 22.5. The van der Waals surface area contributed by atoms with E-state index in [0.717, 1.165) is 99.1 Å². The van der Waals surface area contributed by atoms with Crippen molar-refractivity contribution in [2.45, 2.75) is 135 Å². The topological polar surface area (TPSA) is 211 Å². The van der Waals surface area contributed by atoms with Gasteiger partial charge in [-0.15, -0.1) is 11.3 Å². The lowest BCUT2D eigenvalue weighted by atomic mass is 9.84. The van der Waals surface area contributed by atoms with Gasteiger partial charge in [-0.25, -0.2) is 22.8 Å². The number of rotatable bonds is 27. The van der Waals surface area contributed by atoms with Crippen LogP contribution in [0.25, 0.3) is 0 Å². The van der Waals surface area contributed by atoms with Crippen molar-refractivity contribution in [2.75, 3.05) is 49.1 Å². The standard InChI is InChI=1S/C52H75N9O5S2/c1-39-45(67-49(54)58-39)30-24-35-56-48(53)59-50(63)57-34-20-9-7-6-8-19-33-55-47(62)32-14-11-21-37-61-43(40-25-15-16-26-41(40)52(61,4)5)28-12-10-13-31-46-51(2,3)42-27-17-18-29-44(42)60(46)36-22-23-38-68(64,65)66/h10,12-13,15-18,25-29,31H,6-9,11,14,19-24,30,32-38H2,1-5H3,(H7-,53,54,55,56,57,58,59,62,63,64,65,66). The van der Waals surface area contributed by atoms with Gasteiger partial charge in [-0.1, -0.05) is 94.2 Å². The fourth-order valence-corrected chi connectivity index (χ4v) is 10.7. The number of unbranched alkanes of at least 4 members (excludes halogenated alkanes) is 8. The molecule has 2 aliphatic rings. The molecule has 0 bridgehead atoms. The van der Waals surface area contributed by atoms with Crippen LogP contribution in [0.1, 0.15) is 138 Å². The highest BCUT2D eigenvalue weighted by atomic mass is 32.2. The Labute approximate surface area is 409 Å². The Morgan fingerprint density at radius 1 is 0.853 bits per heavy atom. The number of benzene rings is 2. The van der Waals surface area contributed by atoms with Crippen LogP contribution in [0.15, 0.2) is 89.6 Å². The lowest BCUT2D eigenvalue weighted by Crippen LogP contribution is -2.43.